The van der Waals surface area contributed by atoms with Crippen molar-refractivity contribution in [3.8, 4) is 0 Å². The van der Waals surface area contributed by atoms with Gasteiger partial charge in [0.1, 0.15) is 11.9 Å². The summed E-state index contributed by atoms with van der Waals surface area (Å²) in [6, 6.07) is 4.41. The van der Waals surface area contributed by atoms with Crippen molar-refractivity contribution in [3.63, 3.8) is 0 Å². The van der Waals surface area contributed by atoms with Crippen LogP contribution in [0.1, 0.15) is 6.42 Å². The minimum atomic E-state index is -0.622. The summed E-state index contributed by atoms with van der Waals surface area (Å²) < 4.78 is 24.1. The number of carbonyl (C=O) groups is 3. The molecule has 9 heteroatoms. The van der Waals surface area contributed by atoms with Gasteiger partial charge in [0, 0.05) is 19.2 Å². The maximum atomic E-state index is 14.5. The Morgan fingerprint density at radius 2 is 2.23 bits per heavy atom. The van der Waals surface area contributed by atoms with E-state index in [1.54, 1.807) is 23.2 Å². The van der Waals surface area contributed by atoms with Gasteiger partial charge in [0.25, 0.3) is 0 Å². The van der Waals surface area contributed by atoms with Crippen LogP contribution in [-0.4, -0.2) is 50.8 Å². The molecule has 2 heterocycles. The molecule has 3 rings (SSSR count). The average Bonchev–Trinajstić information content (AvgIpc) is 3.01. The molecule has 1 aromatic rings. The standard InChI is InChI=1S/C17H18FN3O5/c1-25-16(23)19-9-13-10-21(17(24)26-13)11-2-3-15(14(18)8-11)20-6-4-12(22)5-7-20/h2-4,6,8,13H,5,7,9-10H2,1H3,(H,19,23)/t13-/m0/s1. The summed E-state index contributed by atoms with van der Waals surface area (Å²) in [5.74, 6) is -0.505. The lowest BCUT2D eigenvalue weighted by Crippen LogP contribution is -2.34. The van der Waals surface area contributed by atoms with Gasteiger partial charge in [-0.2, -0.15) is 0 Å². The molecular weight excluding hydrogens is 345 g/mol. The first-order valence-electron chi connectivity index (χ1n) is 8.05. The van der Waals surface area contributed by atoms with Crippen molar-refractivity contribution >= 4 is 29.3 Å². The molecule has 138 valence electrons. The molecule has 1 aromatic carbocycles. The first kappa shape index (κ1) is 17.7. The molecule has 0 bridgehead atoms. The molecule has 1 fully saturated rings. The molecule has 0 unspecified atom stereocenters. The van der Waals surface area contributed by atoms with E-state index in [1.165, 1.54) is 24.2 Å². The van der Waals surface area contributed by atoms with E-state index in [-0.39, 0.29) is 18.9 Å². The van der Waals surface area contributed by atoms with Crippen LogP contribution >= 0.6 is 0 Å². The molecule has 0 aliphatic carbocycles. The molecule has 1 N–H and O–H groups in total. The number of methoxy groups -OCH3 is 1. The highest BCUT2D eigenvalue weighted by atomic mass is 19.1. The lowest BCUT2D eigenvalue weighted by Gasteiger charge is -2.24. The van der Waals surface area contributed by atoms with Gasteiger partial charge in [-0.25, -0.2) is 14.0 Å². The number of allylic oxidation sites excluding steroid dienone is 1. The number of anilines is 2. The second-order valence-electron chi connectivity index (χ2n) is 5.85. The van der Waals surface area contributed by atoms with E-state index >= 15 is 0 Å². The molecule has 2 aliphatic heterocycles. The van der Waals surface area contributed by atoms with Crippen LogP contribution in [0.5, 0.6) is 0 Å². The van der Waals surface area contributed by atoms with E-state index in [4.69, 9.17) is 4.74 Å². The van der Waals surface area contributed by atoms with Gasteiger partial charge < -0.3 is 19.7 Å². The Morgan fingerprint density at radius 3 is 2.88 bits per heavy atom. The van der Waals surface area contributed by atoms with E-state index < -0.39 is 24.1 Å². The van der Waals surface area contributed by atoms with Crippen LogP contribution in [0.3, 0.4) is 0 Å². The van der Waals surface area contributed by atoms with Crippen molar-refractivity contribution in [2.45, 2.75) is 12.5 Å². The number of nitrogens with one attached hydrogen (secondary N) is 1. The third-order valence-corrected chi connectivity index (χ3v) is 4.13. The Morgan fingerprint density at radius 1 is 1.42 bits per heavy atom. The van der Waals surface area contributed by atoms with Gasteiger partial charge in [-0.15, -0.1) is 0 Å². The SMILES string of the molecule is COC(=O)NC[C@H]1CN(c2ccc(N3C=CC(=O)CC3)c(F)c2)C(=O)O1. The number of benzene rings is 1. The monoisotopic (exact) mass is 363 g/mol. The van der Waals surface area contributed by atoms with Gasteiger partial charge in [-0.3, -0.25) is 9.69 Å². The number of halogens is 1. The lowest BCUT2D eigenvalue weighted by atomic mass is 10.1. The fourth-order valence-electron chi connectivity index (χ4n) is 2.77. The van der Waals surface area contributed by atoms with Crippen molar-refractivity contribution in [2.75, 3.05) is 36.5 Å². The lowest BCUT2D eigenvalue weighted by molar-refractivity contribution is -0.114. The third kappa shape index (κ3) is 3.76. The van der Waals surface area contributed by atoms with Gasteiger partial charge in [0.2, 0.25) is 0 Å². The van der Waals surface area contributed by atoms with E-state index in [2.05, 4.69) is 10.1 Å². The van der Waals surface area contributed by atoms with Crippen LogP contribution in [0.15, 0.2) is 30.5 Å². The summed E-state index contributed by atoms with van der Waals surface area (Å²) in [4.78, 5) is 37.3. The number of ether oxygens (including phenoxy) is 2. The second kappa shape index (κ2) is 7.42. The van der Waals surface area contributed by atoms with Crippen LogP contribution in [0.25, 0.3) is 0 Å². The van der Waals surface area contributed by atoms with E-state index in [0.29, 0.717) is 24.3 Å². The van der Waals surface area contributed by atoms with Crippen LogP contribution in [-0.2, 0) is 14.3 Å². The molecule has 2 aliphatic rings. The molecule has 26 heavy (non-hydrogen) atoms. The summed E-state index contributed by atoms with van der Waals surface area (Å²) in [7, 11) is 1.24. The Bertz CT molecular complexity index is 767. The van der Waals surface area contributed by atoms with Gasteiger partial charge in [0.15, 0.2) is 5.78 Å². The summed E-state index contributed by atoms with van der Waals surface area (Å²) in [6.45, 7) is 0.681. The number of hydrogen-bond donors (Lipinski definition) is 1. The summed E-state index contributed by atoms with van der Waals surface area (Å²) in [5.41, 5.74) is 0.683. The molecule has 0 aromatic heterocycles. The molecular formula is C17H18FN3O5. The number of hydrogen-bond acceptors (Lipinski definition) is 6. The van der Waals surface area contributed by atoms with Crippen molar-refractivity contribution in [3.05, 3.63) is 36.3 Å². The molecule has 0 saturated carbocycles. The largest absolute Gasteiger partial charge is 0.453 e. The summed E-state index contributed by atoms with van der Waals surface area (Å²) in [5, 5.41) is 2.45. The number of carbonyl (C=O) groups excluding carboxylic acids is 3. The first-order valence-corrected chi connectivity index (χ1v) is 8.05. The number of ketones is 1. The fourth-order valence-corrected chi connectivity index (χ4v) is 2.77. The minimum Gasteiger partial charge on any atom is -0.453 e. The average molecular weight is 363 g/mol. The van der Waals surface area contributed by atoms with E-state index in [1.807, 2.05) is 0 Å². The maximum absolute atomic E-state index is 14.5. The van der Waals surface area contributed by atoms with E-state index in [0.717, 1.165) is 0 Å². The van der Waals surface area contributed by atoms with Gasteiger partial charge in [-0.1, -0.05) is 0 Å². The highest BCUT2D eigenvalue weighted by Gasteiger charge is 2.33. The van der Waals surface area contributed by atoms with E-state index in [9.17, 15) is 18.8 Å². The van der Waals surface area contributed by atoms with Crippen LogP contribution in [0.2, 0.25) is 0 Å². The third-order valence-electron chi connectivity index (χ3n) is 4.13. The summed E-state index contributed by atoms with van der Waals surface area (Å²) >= 11 is 0. The molecule has 0 radical (unpaired) electrons. The maximum Gasteiger partial charge on any atom is 0.414 e. The quantitative estimate of drug-likeness (QED) is 0.878. The zero-order chi connectivity index (χ0) is 18.7. The molecule has 1 atom stereocenters. The normalized spacial score (nSPS) is 19.5. The Labute approximate surface area is 149 Å². The molecule has 8 nitrogen and oxygen atoms in total. The van der Waals surface area contributed by atoms with Gasteiger partial charge in [-0.05, 0) is 24.3 Å². The highest BCUT2D eigenvalue weighted by molar-refractivity contribution is 5.92. The smallest absolute Gasteiger partial charge is 0.414 e. The van der Waals surface area contributed by atoms with Crippen LogP contribution < -0.4 is 15.1 Å². The first-order chi connectivity index (χ1) is 12.5. The van der Waals surface area contributed by atoms with Crippen molar-refractivity contribution in [1.29, 1.82) is 0 Å². The number of nitrogens with zero attached hydrogens (tertiary/aromatic N) is 2. The summed E-state index contributed by atoms with van der Waals surface area (Å²) in [6.07, 6.45) is 1.49. The molecule has 1 saturated heterocycles. The number of cyclic esters (lactones) is 1. The molecule has 0 spiro atoms. The minimum absolute atomic E-state index is 0.00435. The highest BCUT2D eigenvalue weighted by Crippen LogP contribution is 2.28. The second-order valence-corrected chi connectivity index (χ2v) is 5.85. The Balaban J connectivity index is 1.69. The van der Waals surface area contributed by atoms with Crippen molar-refractivity contribution < 1.29 is 28.2 Å². The zero-order valence-corrected chi connectivity index (χ0v) is 14.1. The number of alkyl carbamates (subject to hydrolysis) is 1. The zero-order valence-electron chi connectivity index (χ0n) is 14.1. The molecule has 2 amide bonds. The van der Waals surface area contributed by atoms with Gasteiger partial charge in [0.05, 0.1) is 31.6 Å². The van der Waals surface area contributed by atoms with Gasteiger partial charge >= 0.3 is 12.2 Å². The van der Waals surface area contributed by atoms with Crippen molar-refractivity contribution in [1.82, 2.24) is 5.32 Å². The topological polar surface area (TPSA) is 88.2 Å². The number of amides is 2. The Hall–Kier alpha value is -3.10. The van der Waals surface area contributed by atoms with Crippen LogP contribution in [0.4, 0.5) is 25.4 Å². The fraction of sp³-hybridized carbons (Fsp3) is 0.353. The van der Waals surface area contributed by atoms with Crippen LogP contribution in [0, 0.1) is 5.82 Å². The predicted molar refractivity (Wildman–Crippen MR) is 90.5 cm³/mol. The predicted octanol–water partition coefficient (Wildman–Crippen LogP) is 1.80. The number of rotatable bonds is 4. The Kier molecular flexibility index (Phi) is 5.06. The van der Waals surface area contributed by atoms with Crippen molar-refractivity contribution in [2.24, 2.45) is 0 Å².